The van der Waals surface area contributed by atoms with Gasteiger partial charge in [-0.15, -0.1) is 11.3 Å². The van der Waals surface area contributed by atoms with Crippen molar-refractivity contribution in [3.05, 3.63) is 39.1 Å². The Morgan fingerprint density at radius 2 is 1.94 bits per heavy atom. The fourth-order valence-corrected chi connectivity index (χ4v) is 5.09. The van der Waals surface area contributed by atoms with Gasteiger partial charge in [-0.25, -0.2) is 4.98 Å². The van der Waals surface area contributed by atoms with Crippen molar-refractivity contribution in [3.8, 4) is 0 Å². The average Bonchev–Trinajstić information content (AvgIpc) is 3.22. The van der Waals surface area contributed by atoms with Gasteiger partial charge in [0.15, 0.2) is 0 Å². The van der Waals surface area contributed by atoms with Crippen LogP contribution in [0.25, 0.3) is 0 Å². The van der Waals surface area contributed by atoms with Gasteiger partial charge in [0.1, 0.15) is 15.9 Å². The lowest BCUT2D eigenvalue weighted by atomic mass is 9.97. The monoisotopic (exact) mass is 475 g/mol. The van der Waals surface area contributed by atoms with E-state index in [0.717, 1.165) is 42.1 Å². The summed E-state index contributed by atoms with van der Waals surface area (Å²) in [6.07, 6.45) is 10.6. The molecule has 0 unspecified atom stereocenters. The SMILES string of the molecule is Cc1ncc(Cl)cc1N[C@H](C)c1ncc(C(=O)N[C@@H](CC2CCCC2)C(=O)NC2CC2)s1. The largest absolute Gasteiger partial charge is 0.375 e. The second-order valence-corrected chi connectivity index (χ2v) is 10.4. The maximum absolute atomic E-state index is 13.0. The van der Waals surface area contributed by atoms with Crippen molar-refractivity contribution in [2.75, 3.05) is 5.32 Å². The number of rotatable bonds is 9. The van der Waals surface area contributed by atoms with Crippen molar-refractivity contribution in [1.29, 1.82) is 0 Å². The first-order valence-corrected chi connectivity index (χ1v) is 12.5. The Morgan fingerprint density at radius 3 is 2.66 bits per heavy atom. The number of hydrogen-bond acceptors (Lipinski definition) is 6. The molecule has 2 saturated carbocycles. The van der Waals surface area contributed by atoms with E-state index < -0.39 is 6.04 Å². The van der Waals surface area contributed by atoms with Crippen LogP contribution in [0.4, 0.5) is 5.69 Å². The second kappa shape index (κ2) is 10.2. The van der Waals surface area contributed by atoms with Crippen molar-refractivity contribution >= 4 is 40.4 Å². The quantitative estimate of drug-likeness (QED) is 0.491. The molecular formula is C23H30ClN5O2S. The Morgan fingerprint density at radius 1 is 1.19 bits per heavy atom. The van der Waals surface area contributed by atoms with Crippen molar-refractivity contribution < 1.29 is 9.59 Å². The average molecular weight is 476 g/mol. The summed E-state index contributed by atoms with van der Waals surface area (Å²) in [5, 5.41) is 10.7. The third-order valence-electron chi connectivity index (χ3n) is 6.13. The first-order valence-electron chi connectivity index (χ1n) is 11.3. The summed E-state index contributed by atoms with van der Waals surface area (Å²) in [6, 6.07) is 1.49. The van der Waals surface area contributed by atoms with Crippen molar-refractivity contribution in [2.24, 2.45) is 5.92 Å². The number of amides is 2. The zero-order chi connectivity index (χ0) is 22.7. The summed E-state index contributed by atoms with van der Waals surface area (Å²) in [5.74, 6) is 0.202. The number of carbonyl (C=O) groups excluding carboxylic acids is 2. The number of aromatic nitrogens is 2. The number of thiazole rings is 1. The fourth-order valence-electron chi connectivity index (χ4n) is 4.11. The molecule has 0 bridgehead atoms. The lowest BCUT2D eigenvalue weighted by Crippen LogP contribution is -2.48. The highest BCUT2D eigenvalue weighted by Crippen LogP contribution is 2.30. The van der Waals surface area contributed by atoms with E-state index in [-0.39, 0.29) is 23.9 Å². The zero-order valence-electron chi connectivity index (χ0n) is 18.5. The predicted molar refractivity (Wildman–Crippen MR) is 127 cm³/mol. The molecule has 9 heteroatoms. The van der Waals surface area contributed by atoms with Crippen LogP contribution in [-0.2, 0) is 4.79 Å². The molecule has 172 valence electrons. The van der Waals surface area contributed by atoms with Gasteiger partial charge in [-0.05, 0) is 45.1 Å². The van der Waals surface area contributed by atoms with E-state index in [1.807, 2.05) is 19.9 Å². The van der Waals surface area contributed by atoms with Gasteiger partial charge in [-0.2, -0.15) is 0 Å². The molecule has 2 fully saturated rings. The second-order valence-electron chi connectivity index (χ2n) is 8.91. The first-order chi connectivity index (χ1) is 15.4. The van der Waals surface area contributed by atoms with Gasteiger partial charge in [-0.1, -0.05) is 37.3 Å². The van der Waals surface area contributed by atoms with Crippen molar-refractivity contribution in [3.63, 3.8) is 0 Å². The van der Waals surface area contributed by atoms with Gasteiger partial charge in [-0.3, -0.25) is 14.6 Å². The smallest absolute Gasteiger partial charge is 0.263 e. The van der Waals surface area contributed by atoms with E-state index >= 15 is 0 Å². The summed E-state index contributed by atoms with van der Waals surface area (Å²) in [4.78, 5) is 34.9. The molecule has 2 amide bonds. The zero-order valence-corrected chi connectivity index (χ0v) is 20.1. The highest BCUT2D eigenvalue weighted by molar-refractivity contribution is 7.13. The summed E-state index contributed by atoms with van der Waals surface area (Å²) in [6.45, 7) is 3.89. The molecule has 3 N–H and O–H groups in total. The van der Waals surface area contributed by atoms with E-state index in [4.69, 9.17) is 11.6 Å². The fraction of sp³-hybridized carbons (Fsp3) is 0.565. The molecule has 0 aliphatic heterocycles. The third kappa shape index (κ3) is 5.98. The van der Waals surface area contributed by atoms with Gasteiger partial charge < -0.3 is 16.0 Å². The number of nitrogens with one attached hydrogen (secondary N) is 3. The Bertz CT molecular complexity index is 971. The van der Waals surface area contributed by atoms with Crippen LogP contribution in [0.2, 0.25) is 5.02 Å². The number of nitrogens with zero attached hydrogens (tertiary/aromatic N) is 2. The van der Waals surface area contributed by atoms with Crippen molar-refractivity contribution in [2.45, 2.75) is 76.9 Å². The van der Waals surface area contributed by atoms with Crippen molar-refractivity contribution in [1.82, 2.24) is 20.6 Å². The summed E-state index contributed by atoms with van der Waals surface area (Å²) >= 11 is 7.39. The van der Waals surface area contributed by atoms with Crippen LogP contribution < -0.4 is 16.0 Å². The van der Waals surface area contributed by atoms with Gasteiger partial charge >= 0.3 is 0 Å². The molecule has 0 saturated heterocycles. The minimum Gasteiger partial charge on any atom is -0.375 e. The minimum absolute atomic E-state index is 0.0588. The normalized spacial score (nSPS) is 18.2. The maximum atomic E-state index is 13.0. The van der Waals surface area contributed by atoms with E-state index in [1.54, 1.807) is 12.4 Å². The standard InChI is InChI=1S/C23H30ClN5O2S/c1-13-18(10-16(24)11-25-13)27-14(2)23-26-12-20(32-23)22(31)29-19(9-15-5-3-4-6-15)21(30)28-17-7-8-17/h10-12,14-15,17,19,27H,3-9H2,1-2H3,(H,28,30)(H,29,31)/t14-,19+/m1/s1. The minimum atomic E-state index is -0.493. The molecule has 2 atom stereocenters. The molecule has 2 heterocycles. The summed E-state index contributed by atoms with van der Waals surface area (Å²) in [7, 11) is 0. The molecule has 32 heavy (non-hydrogen) atoms. The molecule has 7 nitrogen and oxygen atoms in total. The van der Waals surface area contributed by atoms with Gasteiger partial charge in [0.2, 0.25) is 5.91 Å². The first kappa shape index (κ1) is 23.0. The molecule has 0 radical (unpaired) electrons. The highest BCUT2D eigenvalue weighted by Gasteiger charge is 2.31. The molecular weight excluding hydrogens is 446 g/mol. The van der Waals surface area contributed by atoms with E-state index in [1.165, 1.54) is 24.2 Å². The number of aryl methyl sites for hydroxylation is 1. The van der Waals surface area contributed by atoms with Crippen LogP contribution in [0, 0.1) is 12.8 Å². The van der Waals surface area contributed by atoms with Crippen LogP contribution >= 0.6 is 22.9 Å². The maximum Gasteiger partial charge on any atom is 0.263 e. The number of hydrogen-bond donors (Lipinski definition) is 3. The number of pyridine rings is 1. The summed E-state index contributed by atoms with van der Waals surface area (Å²) in [5.41, 5.74) is 1.67. The number of carbonyl (C=O) groups is 2. The van der Waals surface area contributed by atoms with E-state index in [0.29, 0.717) is 22.2 Å². The van der Waals surface area contributed by atoms with E-state index in [9.17, 15) is 9.59 Å². The molecule has 2 aliphatic rings. The van der Waals surface area contributed by atoms with Gasteiger partial charge in [0.05, 0.1) is 28.6 Å². The Balaban J connectivity index is 1.40. The molecule has 2 aliphatic carbocycles. The van der Waals surface area contributed by atoms with Crippen LogP contribution in [-0.4, -0.2) is 33.9 Å². The van der Waals surface area contributed by atoms with Gasteiger partial charge in [0.25, 0.3) is 5.91 Å². The van der Waals surface area contributed by atoms with Crippen LogP contribution in [0.3, 0.4) is 0 Å². The molecule has 2 aromatic heterocycles. The Kier molecular flexibility index (Phi) is 7.30. The lowest BCUT2D eigenvalue weighted by molar-refractivity contribution is -0.123. The Hall–Kier alpha value is -2.19. The highest BCUT2D eigenvalue weighted by atomic mass is 35.5. The predicted octanol–water partition coefficient (Wildman–Crippen LogP) is 4.63. The topological polar surface area (TPSA) is 96.0 Å². The molecule has 2 aromatic rings. The van der Waals surface area contributed by atoms with Gasteiger partial charge in [0, 0.05) is 12.2 Å². The van der Waals surface area contributed by atoms with E-state index in [2.05, 4.69) is 25.9 Å². The van der Waals surface area contributed by atoms with Crippen LogP contribution in [0.5, 0.6) is 0 Å². The summed E-state index contributed by atoms with van der Waals surface area (Å²) < 4.78 is 0. The van der Waals surface area contributed by atoms with Crippen LogP contribution in [0.1, 0.15) is 78.3 Å². The van der Waals surface area contributed by atoms with Crippen LogP contribution in [0.15, 0.2) is 18.5 Å². The number of halogens is 1. The molecule has 0 aromatic carbocycles. The molecule has 0 spiro atoms. The third-order valence-corrected chi connectivity index (χ3v) is 7.52. The number of anilines is 1. The molecule has 4 rings (SSSR count). The Labute approximate surface area is 197 Å². The lowest BCUT2D eigenvalue weighted by Gasteiger charge is -2.21.